The molecule has 0 N–H and O–H groups in total. The molecular weight excluding hydrogens is 140 g/mol. The Morgan fingerprint density at radius 3 is 3.36 bits per heavy atom. The lowest BCUT2D eigenvalue weighted by atomic mass is 10.2. The van der Waals surface area contributed by atoms with E-state index in [1.807, 2.05) is 6.07 Å². The minimum absolute atomic E-state index is 0.746. The smallest absolute Gasteiger partial charge is 0.106 e. The lowest BCUT2D eigenvalue weighted by molar-refractivity contribution is 0.215. The van der Waals surface area contributed by atoms with E-state index in [2.05, 4.69) is 21.2 Å². The first-order chi connectivity index (χ1) is 5.43. The first-order valence-corrected chi connectivity index (χ1v) is 3.29. The summed E-state index contributed by atoms with van der Waals surface area (Å²) in [5, 5.41) is 3.60. The molecule has 0 aliphatic heterocycles. The Morgan fingerprint density at radius 2 is 2.73 bits per heavy atom. The molecule has 3 nitrogen and oxygen atoms in total. The fourth-order valence-electron chi connectivity index (χ4n) is 0.689. The molecule has 1 aromatic heterocycles. The molecule has 0 aliphatic rings. The van der Waals surface area contributed by atoms with Gasteiger partial charge < -0.3 is 4.84 Å². The van der Waals surface area contributed by atoms with Crippen LogP contribution in [0.1, 0.15) is 5.56 Å². The van der Waals surface area contributed by atoms with Crippen LogP contribution in [0.5, 0.6) is 0 Å². The fraction of sp³-hybridized carbons (Fsp3) is 0.250. The Balaban J connectivity index is 2.45. The highest BCUT2D eigenvalue weighted by Crippen LogP contribution is 1.93. The molecule has 57 valence electrons. The molecule has 3 heteroatoms. The molecule has 1 aromatic rings. The fourth-order valence-corrected chi connectivity index (χ4v) is 0.689. The Labute approximate surface area is 65.7 Å². The summed E-state index contributed by atoms with van der Waals surface area (Å²) >= 11 is 0. The maximum atomic E-state index is 4.50. The van der Waals surface area contributed by atoms with Gasteiger partial charge in [0.1, 0.15) is 7.11 Å². The third-order valence-corrected chi connectivity index (χ3v) is 1.18. The number of pyridine rings is 1. The molecule has 0 aliphatic carbocycles. The largest absolute Gasteiger partial charge is 0.399 e. The van der Waals surface area contributed by atoms with Crippen LogP contribution in [0.2, 0.25) is 0 Å². The maximum absolute atomic E-state index is 4.50. The van der Waals surface area contributed by atoms with Crippen molar-refractivity contribution in [2.24, 2.45) is 5.16 Å². The van der Waals surface area contributed by atoms with Gasteiger partial charge in [0.05, 0.1) is 6.20 Å². The topological polar surface area (TPSA) is 34.5 Å². The summed E-state index contributed by atoms with van der Waals surface area (Å²) in [6.45, 7) is 0. The first-order valence-electron chi connectivity index (χ1n) is 3.29. The quantitative estimate of drug-likeness (QED) is 0.475. The maximum Gasteiger partial charge on any atom is 0.106 e. The van der Waals surface area contributed by atoms with Gasteiger partial charge in [-0.05, 0) is 11.6 Å². The highest BCUT2D eigenvalue weighted by atomic mass is 16.6. The standard InChI is InChI=1S/C8H9N2O/c1-11-10-6-4-8-3-2-5-9-7-8/h2-3,6-7H,4H2,1H3. The Bertz CT molecular complexity index is 221. The number of hydrogen-bond acceptors (Lipinski definition) is 3. The average Bonchev–Trinajstić information content (AvgIpc) is 2.07. The molecule has 0 amide bonds. The third kappa shape index (κ3) is 2.80. The highest BCUT2D eigenvalue weighted by molar-refractivity contribution is 5.60. The number of nitrogens with zero attached hydrogens (tertiary/aromatic N) is 2. The molecule has 0 spiro atoms. The second kappa shape index (κ2) is 4.44. The van der Waals surface area contributed by atoms with Crippen molar-refractivity contribution in [1.82, 2.24) is 4.98 Å². The van der Waals surface area contributed by atoms with Crippen molar-refractivity contribution in [1.29, 1.82) is 0 Å². The molecule has 0 unspecified atom stereocenters. The second-order valence-corrected chi connectivity index (χ2v) is 1.97. The molecule has 0 aromatic carbocycles. The molecule has 1 radical (unpaired) electrons. The summed E-state index contributed by atoms with van der Waals surface area (Å²) in [6, 6.07) is 3.71. The van der Waals surface area contributed by atoms with E-state index >= 15 is 0 Å². The monoisotopic (exact) mass is 149 g/mol. The zero-order chi connectivity index (χ0) is 7.94. The summed E-state index contributed by atoms with van der Waals surface area (Å²) in [6.07, 6.45) is 6.89. The van der Waals surface area contributed by atoms with Gasteiger partial charge in [-0.3, -0.25) is 4.98 Å². The minimum atomic E-state index is 0.746. The molecule has 1 rings (SSSR count). The third-order valence-electron chi connectivity index (χ3n) is 1.18. The van der Waals surface area contributed by atoms with Crippen LogP contribution < -0.4 is 0 Å². The number of hydrogen-bond donors (Lipinski definition) is 0. The van der Waals surface area contributed by atoms with Crippen LogP contribution in [-0.2, 0) is 11.3 Å². The predicted molar refractivity (Wildman–Crippen MR) is 42.3 cm³/mol. The molecule has 11 heavy (non-hydrogen) atoms. The van der Waals surface area contributed by atoms with Crippen molar-refractivity contribution in [3.63, 3.8) is 0 Å². The first kappa shape index (κ1) is 7.72. The number of oxime groups is 1. The van der Waals surface area contributed by atoms with Gasteiger partial charge in [-0.15, -0.1) is 0 Å². The van der Waals surface area contributed by atoms with E-state index in [4.69, 9.17) is 0 Å². The molecule has 1 heterocycles. The van der Waals surface area contributed by atoms with E-state index in [0.29, 0.717) is 0 Å². The van der Waals surface area contributed by atoms with Gasteiger partial charge in [-0.2, -0.15) is 0 Å². The summed E-state index contributed by atoms with van der Waals surface area (Å²) in [7, 11) is 1.52. The van der Waals surface area contributed by atoms with E-state index in [1.165, 1.54) is 7.11 Å². The van der Waals surface area contributed by atoms with Gasteiger partial charge in [0.25, 0.3) is 0 Å². The normalized spacial score (nSPS) is 10.3. The van der Waals surface area contributed by atoms with E-state index in [9.17, 15) is 0 Å². The lowest BCUT2D eigenvalue weighted by Crippen LogP contribution is -1.86. The van der Waals surface area contributed by atoms with Gasteiger partial charge in [0.2, 0.25) is 0 Å². The van der Waals surface area contributed by atoms with Crippen LogP contribution in [0.25, 0.3) is 0 Å². The van der Waals surface area contributed by atoms with Crippen LogP contribution in [0, 0.1) is 6.20 Å². The SMILES string of the molecule is CON=CCc1cc[c]nc1. The van der Waals surface area contributed by atoms with E-state index in [1.54, 1.807) is 18.5 Å². The molecule has 0 saturated heterocycles. The van der Waals surface area contributed by atoms with Crippen LogP contribution in [0.15, 0.2) is 23.5 Å². The summed E-state index contributed by atoms with van der Waals surface area (Å²) in [4.78, 5) is 8.34. The van der Waals surface area contributed by atoms with Crippen molar-refractivity contribution < 1.29 is 4.84 Å². The van der Waals surface area contributed by atoms with Crippen molar-refractivity contribution >= 4 is 6.21 Å². The Kier molecular flexibility index (Phi) is 3.12. The summed E-state index contributed by atoms with van der Waals surface area (Å²) < 4.78 is 0. The van der Waals surface area contributed by atoms with Gasteiger partial charge in [-0.25, -0.2) is 0 Å². The second-order valence-electron chi connectivity index (χ2n) is 1.97. The molecule has 0 bridgehead atoms. The van der Waals surface area contributed by atoms with E-state index in [-0.39, 0.29) is 0 Å². The van der Waals surface area contributed by atoms with Crippen molar-refractivity contribution in [2.45, 2.75) is 6.42 Å². The average molecular weight is 149 g/mol. The van der Waals surface area contributed by atoms with Gasteiger partial charge in [0, 0.05) is 18.8 Å². The summed E-state index contributed by atoms with van der Waals surface area (Å²) in [5.74, 6) is 0. The molecular formula is C8H9N2O. The molecule has 0 fully saturated rings. The van der Waals surface area contributed by atoms with Crippen molar-refractivity contribution in [3.05, 3.63) is 30.1 Å². The van der Waals surface area contributed by atoms with Crippen molar-refractivity contribution in [2.75, 3.05) is 7.11 Å². The van der Waals surface area contributed by atoms with Gasteiger partial charge in [-0.1, -0.05) is 11.2 Å². The van der Waals surface area contributed by atoms with E-state index < -0.39 is 0 Å². The summed E-state index contributed by atoms with van der Waals surface area (Å²) in [5.41, 5.74) is 1.10. The predicted octanol–water partition coefficient (Wildman–Crippen LogP) is 1.06. The van der Waals surface area contributed by atoms with Crippen molar-refractivity contribution in [3.8, 4) is 0 Å². The van der Waals surface area contributed by atoms with Crippen LogP contribution in [0.4, 0.5) is 0 Å². The lowest BCUT2D eigenvalue weighted by Gasteiger charge is -1.91. The van der Waals surface area contributed by atoms with Crippen LogP contribution in [0.3, 0.4) is 0 Å². The molecule has 0 saturated carbocycles. The van der Waals surface area contributed by atoms with Gasteiger partial charge in [0.15, 0.2) is 0 Å². The van der Waals surface area contributed by atoms with Crippen LogP contribution in [-0.4, -0.2) is 18.3 Å². The zero-order valence-corrected chi connectivity index (χ0v) is 6.32. The Hall–Kier alpha value is -1.38. The van der Waals surface area contributed by atoms with Gasteiger partial charge >= 0.3 is 0 Å². The number of rotatable bonds is 3. The van der Waals surface area contributed by atoms with E-state index in [0.717, 1.165) is 12.0 Å². The Morgan fingerprint density at radius 1 is 1.82 bits per heavy atom. The zero-order valence-electron chi connectivity index (χ0n) is 6.32. The van der Waals surface area contributed by atoms with Crippen LogP contribution >= 0.6 is 0 Å². The molecule has 0 atom stereocenters. The minimum Gasteiger partial charge on any atom is -0.399 e. The number of aromatic nitrogens is 1. The highest BCUT2D eigenvalue weighted by Gasteiger charge is 1.86.